The van der Waals surface area contributed by atoms with Crippen LogP contribution in [0.1, 0.15) is 17.5 Å². The number of benzene rings is 1. The van der Waals surface area contributed by atoms with Crippen LogP contribution in [0, 0.1) is 0 Å². The average molecular weight is 354 g/mol. The highest BCUT2D eigenvalue weighted by Gasteiger charge is 2.06. The monoisotopic (exact) mass is 354 g/mol. The minimum absolute atomic E-state index is 0.477. The van der Waals surface area contributed by atoms with Crippen molar-refractivity contribution < 1.29 is 4.52 Å². The number of thiophene rings is 1. The predicted molar refractivity (Wildman–Crippen MR) is 103 cm³/mol. The molecule has 0 saturated heterocycles. The molecule has 2 aromatic heterocycles. The van der Waals surface area contributed by atoms with Gasteiger partial charge in [-0.2, -0.15) is 0 Å². The van der Waals surface area contributed by atoms with Gasteiger partial charge in [0.25, 0.3) is 0 Å². The molecule has 25 heavy (non-hydrogen) atoms. The van der Waals surface area contributed by atoms with Gasteiger partial charge in [0.1, 0.15) is 5.69 Å². The molecule has 0 atom stereocenters. The fourth-order valence-electron chi connectivity index (χ4n) is 2.39. The molecule has 0 aliphatic heterocycles. The molecule has 6 heteroatoms. The number of aliphatic imine (C=N–C) groups is 1. The summed E-state index contributed by atoms with van der Waals surface area (Å²) >= 11 is 1.78. The van der Waals surface area contributed by atoms with E-state index in [1.54, 1.807) is 11.3 Å². The van der Waals surface area contributed by atoms with Gasteiger partial charge in [-0.25, -0.2) is 4.99 Å². The van der Waals surface area contributed by atoms with E-state index < -0.39 is 0 Å². The number of hydrogen-bond acceptors (Lipinski definition) is 4. The third-order valence-electron chi connectivity index (χ3n) is 3.60. The minimum atomic E-state index is 0.477. The first-order valence-corrected chi connectivity index (χ1v) is 9.28. The molecule has 2 heterocycles. The molecule has 1 aromatic carbocycles. The molecule has 0 saturated carbocycles. The molecule has 5 nitrogen and oxygen atoms in total. The van der Waals surface area contributed by atoms with E-state index in [1.165, 1.54) is 4.88 Å². The zero-order chi connectivity index (χ0) is 17.3. The SMILES string of the molecule is CCNC(=NCc1cc(-c2ccccc2)on1)NCCc1cccs1. The Bertz CT molecular complexity index is 781. The molecule has 0 radical (unpaired) electrons. The largest absolute Gasteiger partial charge is 0.357 e. The highest BCUT2D eigenvalue weighted by Crippen LogP contribution is 2.19. The molecule has 0 fully saturated rings. The van der Waals surface area contributed by atoms with Crippen LogP contribution in [0.25, 0.3) is 11.3 Å². The van der Waals surface area contributed by atoms with Gasteiger partial charge in [0, 0.05) is 29.6 Å². The van der Waals surface area contributed by atoms with Crippen LogP contribution in [0.15, 0.2) is 63.4 Å². The lowest BCUT2D eigenvalue weighted by atomic mass is 10.2. The first-order chi connectivity index (χ1) is 12.3. The molecule has 0 amide bonds. The first kappa shape index (κ1) is 17.2. The van der Waals surface area contributed by atoms with Crippen LogP contribution >= 0.6 is 11.3 Å². The van der Waals surface area contributed by atoms with Gasteiger partial charge in [-0.05, 0) is 24.8 Å². The third-order valence-corrected chi connectivity index (χ3v) is 4.54. The maximum atomic E-state index is 5.41. The lowest BCUT2D eigenvalue weighted by Crippen LogP contribution is -2.38. The fraction of sp³-hybridized carbons (Fsp3) is 0.263. The molecule has 3 rings (SSSR count). The van der Waals surface area contributed by atoms with Crippen LogP contribution in [0.4, 0.5) is 0 Å². The number of hydrogen-bond donors (Lipinski definition) is 2. The summed E-state index contributed by atoms with van der Waals surface area (Å²) in [6.45, 7) is 4.20. The highest BCUT2D eigenvalue weighted by molar-refractivity contribution is 7.09. The lowest BCUT2D eigenvalue weighted by Gasteiger charge is -2.10. The summed E-state index contributed by atoms with van der Waals surface area (Å²) in [6, 6.07) is 16.1. The second-order valence-corrected chi connectivity index (χ2v) is 6.53. The summed E-state index contributed by atoms with van der Waals surface area (Å²) in [6.07, 6.45) is 0.990. The Morgan fingerprint density at radius 3 is 2.80 bits per heavy atom. The molecule has 2 N–H and O–H groups in total. The van der Waals surface area contributed by atoms with Crippen LogP contribution in [0.2, 0.25) is 0 Å². The van der Waals surface area contributed by atoms with Gasteiger partial charge in [0.05, 0.1) is 6.54 Å². The first-order valence-electron chi connectivity index (χ1n) is 8.40. The molecular formula is C19H22N4OS. The average Bonchev–Trinajstić information content (AvgIpc) is 3.32. The normalized spacial score (nSPS) is 11.5. The van der Waals surface area contributed by atoms with Crippen LogP contribution in [0.3, 0.4) is 0 Å². The lowest BCUT2D eigenvalue weighted by molar-refractivity contribution is 0.424. The van der Waals surface area contributed by atoms with Crippen molar-refractivity contribution in [3.63, 3.8) is 0 Å². The summed E-state index contributed by atoms with van der Waals surface area (Å²) in [5.41, 5.74) is 1.83. The fourth-order valence-corrected chi connectivity index (χ4v) is 3.09. The second kappa shape index (κ2) is 9.03. The zero-order valence-corrected chi connectivity index (χ0v) is 15.1. The van der Waals surface area contributed by atoms with Gasteiger partial charge < -0.3 is 15.2 Å². The second-order valence-electron chi connectivity index (χ2n) is 5.50. The predicted octanol–water partition coefficient (Wildman–Crippen LogP) is 3.70. The van der Waals surface area contributed by atoms with E-state index in [0.717, 1.165) is 42.5 Å². The van der Waals surface area contributed by atoms with Crippen molar-refractivity contribution in [1.82, 2.24) is 15.8 Å². The Kier molecular flexibility index (Phi) is 6.23. The number of nitrogens with one attached hydrogen (secondary N) is 2. The van der Waals surface area contributed by atoms with Gasteiger partial charge >= 0.3 is 0 Å². The number of guanidine groups is 1. The molecule has 0 bridgehead atoms. The van der Waals surface area contributed by atoms with Gasteiger partial charge in [0.2, 0.25) is 0 Å². The highest BCUT2D eigenvalue weighted by atomic mass is 32.1. The minimum Gasteiger partial charge on any atom is -0.357 e. The Labute approximate surface area is 151 Å². The van der Waals surface area contributed by atoms with Crippen molar-refractivity contribution >= 4 is 17.3 Å². The Morgan fingerprint density at radius 2 is 2.04 bits per heavy atom. The van der Waals surface area contributed by atoms with Crippen LogP contribution in [-0.4, -0.2) is 24.2 Å². The van der Waals surface area contributed by atoms with E-state index in [4.69, 9.17) is 4.52 Å². The van der Waals surface area contributed by atoms with Gasteiger partial charge in [0.15, 0.2) is 11.7 Å². The van der Waals surface area contributed by atoms with Gasteiger partial charge in [-0.3, -0.25) is 0 Å². The van der Waals surface area contributed by atoms with Crippen molar-refractivity contribution in [3.05, 3.63) is 64.5 Å². The third kappa shape index (κ3) is 5.19. The maximum absolute atomic E-state index is 5.41. The van der Waals surface area contributed by atoms with E-state index in [9.17, 15) is 0 Å². The molecule has 130 valence electrons. The zero-order valence-electron chi connectivity index (χ0n) is 14.2. The van der Waals surface area contributed by atoms with E-state index in [0.29, 0.717) is 6.54 Å². The maximum Gasteiger partial charge on any atom is 0.191 e. The molecule has 3 aromatic rings. The summed E-state index contributed by atoms with van der Waals surface area (Å²) < 4.78 is 5.41. The van der Waals surface area contributed by atoms with Gasteiger partial charge in [-0.1, -0.05) is 41.6 Å². The van der Waals surface area contributed by atoms with Crippen molar-refractivity contribution in [2.24, 2.45) is 4.99 Å². The Balaban J connectivity index is 1.56. The van der Waals surface area contributed by atoms with Crippen molar-refractivity contribution in [2.45, 2.75) is 19.9 Å². The molecule has 0 unspecified atom stereocenters. The summed E-state index contributed by atoms with van der Waals surface area (Å²) in [7, 11) is 0. The smallest absolute Gasteiger partial charge is 0.191 e. The van der Waals surface area contributed by atoms with Crippen molar-refractivity contribution in [3.8, 4) is 11.3 Å². The molecule has 0 spiro atoms. The van der Waals surface area contributed by atoms with Crippen molar-refractivity contribution in [1.29, 1.82) is 0 Å². The summed E-state index contributed by atoms with van der Waals surface area (Å²) in [5.74, 6) is 1.56. The van der Waals surface area contributed by atoms with E-state index >= 15 is 0 Å². The molecule has 0 aliphatic rings. The summed E-state index contributed by atoms with van der Waals surface area (Å²) in [4.78, 5) is 5.95. The van der Waals surface area contributed by atoms with E-state index in [-0.39, 0.29) is 0 Å². The molecular weight excluding hydrogens is 332 g/mol. The van der Waals surface area contributed by atoms with Crippen molar-refractivity contribution in [2.75, 3.05) is 13.1 Å². The summed E-state index contributed by atoms with van der Waals surface area (Å²) in [5, 5.41) is 12.8. The van der Waals surface area contributed by atoms with Crippen LogP contribution < -0.4 is 10.6 Å². The Morgan fingerprint density at radius 1 is 1.16 bits per heavy atom. The number of nitrogens with zero attached hydrogens (tertiary/aromatic N) is 2. The Hall–Kier alpha value is -2.60. The standard InChI is InChI=1S/C19H22N4OS/c1-2-20-19(21-11-10-17-9-6-12-25-17)22-14-16-13-18(24-23-16)15-7-4-3-5-8-15/h3-9,12-13H,2,10-11,14H2,1H3,(H2,20,21,22). The quantitative estimate of drug-likeness (QED) is 0.502. The van der Waals surface area contributed by atoms with Gasteiger partial charge in [-0.15, -0.1) is 11.3 Å². The number of aromatic nitrogens is 1. The van der Waals surface area contributed by atoms with Crippen LogP contribution in [-0.2, 0) is 13.0 Å². The van der Waals surface area contributed by atoms with E-state index in [1.807, 2.05) is 36.4 Å². The number of rotatable bonds is 7. The van der Waals surface area contributed by atoms with Crippen LogP contribution in [0.5, 0.6) is 0 Å². The molecule has 0 aliphatic carbocycles. The van der Waals surface area contributed by atoms with E-state index in [2.05, 4.69) is 45.2 Å². The topological polar surface area (TPSA) is 62.5 Å².